The fourth-order valence-electron chi connectivity index (χ4n) is 5.06. The number of amides is 2. The smallest absolute Gasteiger partial charge is 0.311 e. The van der Waals surface area contributed by atoms with Crippen molar-refractivity contribution in [1.29, 1.82) is 0 Å². The Kier molecular flexibility index (Phi) is 6.19. The first-order chi connectivity index (χ1) is 13.4. The van der Waals surface area contributed by atoms with Crippen LogP contribution in [0.25, 0.3) is 0 Å². The first kappa shape index (κ1) is 21.6. The monoisotopic (exact) mass is 421 g/mol. The van der Waals surface area contributed by atoms with Gasteiger partial charge in [0.2, 0.25) is 11.8 Å². The van der Waals surface area contributed by atoms with Crippen molar-refractivity contribution >= 4 is 41.6 Å². The summed E-state index contributed by atoms with van der Waals surface area (Å²) >= 11 is 0. The number of carbonyl (C=O) groups is 3. The molecule has 1 aromatic rings. The molecule has 7 nitrogen and oxygen atoms in total. The van der Waals surface area contributed by atoms with E-state index < -0.39 is 17.4 Å². The number of likely N-dealkylation sites (tertiary alicyclic amines) is 1. The second-order valence-corrected chi connectivity index (χ2v) is 8.34. The zero-order valence-corrected chi connectivity index (χ0v) is 17.4. The summed E-state index contributed by atoms with van der Waals surface area (Å²) in [6.07, 6.45) is 3.99. The van der Waals surface area contributed by atoms with E-state index >= 15 is 0 Å². The Labute approximate surface area is 176 Å². The molecule has 3 aliphatic rings. The highest BCUT2D eigenvalue weighted by molar-refractivity contribution is 5.98. The van der Waals surface area contributed by atoms with E-state index in [1.807, 2.05) is 36.1 Å². The molecule has 2 aliphatic heterocycles. The van der Waals surface area contributed by atoms with Crippen LogP contribution in [0.3, 0.4) is 0 Å². The summed E-state index contributed by atoms with van der Waals surface area (Å²) in [6.45, 7) is 3.63. The molecule has 1 aromatic carbocycles. The van der Waals surface area contributed by atoms with Gasteiger partial charge in [-0.15, -0.1) is 12.4 Å². The second kappa shape index (κ2) is 8.32. The molecule has 3 atom stereocenters. The second-order valence-electron chi connectivity index (χ2n) is 8.34. The molecule has 0 radical (unpaired) electrons. The molecule has 8 heteroatoms. The van der Waals surface area contributed by atoms with Gasteiger partial charge in [-0.1, -0.05) is 12.5 Å². The molecular weight excluding hydrogens is 394 g/mol. The molecule has 0 spiro atoms. The van der Waals surface area contributed by atoms with Crippen LogP contribution in [0.1, 0.15) is 39.0 Å². The zero-order chi connectivity index (χ0) is 19.9. The number of halogens is 1. The van der Waals surface area contributed by atoms with Gasteiger partial charge in [-0.2, -0.15) is 0 Å². The molecule has 0 bridgehead atoms. The first-order valence-corrected chi connectivity index (χ1v) is 10.1. The summed E-state index contributed by atoms with van der Waals surface area (Å²) in [4.78, 5) is 40.4. The Morgan fingerprint density at radius 1 is 1.31 bits per heavy atom. The molecule has 2 heterocycles. The number of rotatable bonds is 5. The quantitative estimate of drug-likeness (QED) is 0.762. The van der Waals surface area contributed by atoms with Gasteiger partial charge >= 0.3 is 5.97 Å². The molecular formula is C21H28ClN3O4. The topological polar surface area (TPSA) is 90.0 Å². The number of fused-ring (bicyclic) bond motifs is 1. The minimum Gasteiger partial charge on any atom is -0.481 e. The average molecular weight is 422 g/mol. The van der Waals surface area contributed by atoms with Gasteiger partial charge in [0.25, 0.3) is 0 Å². The van der Waals surface area contributed by atoms with E-state index in [1.54, 1.807) is 4.90 Å². The van der Waals surface area contributed by atoms with Crippen molar-refractivity contribution in [3.8, 4) is 0 Å². The van der Waals surface area contributed by atoms with Gasteiger partial charge in [-0.3, -0.25) is 19.3 Å². The van der Waals surface area contributed by atoms with E-state index in [0.29, 0.717) is 38.2 Å². The predicted molar refractivity (Wildman–Crippen MR) is 112 cm³/mol. The molecule has 2 saturated heterocycles. The largest absolute Gasteiger partial charge is 0.481 e. The summed E-state index contributed by atoms with van der Waals surface area (Å²) in [5, 5.41) is 12.7. The molecule has 1 aliphatic carbocycles. The van der Waals surface area contributed by atoms with Crippen LogP contribution in [-0.4, -0.2) is 53.5 Å². The van der Waals surface area contributed by atoms with Gasteiger partial charge in [0.15, 0.2) is 0 Å². The maximum absolute atomic E-state index is 12.8. The lowest BCUT2D eigenvalue weighted by molar-refractivity contribution is -0.149. The molecule has 158 valence electrons. The van der Waals surface area contributed by atoms with Crippen molar-refractivity contribution in [1.82, 2.24) is 4.90 Å². The van der Waals surface area contributed by atoms with Crippen molar-refractivity contribution in [2.45, 2.75) is 45.1 Å². The van der Waals surface area contributed by atoms with Crippen LogP contribution in [0, 0.1) is 11.3 Å². The standard InChI is InChI=1S/C21H27N3O4.ClH/c1-14(23-12-15-5-3-9-21(15,13-23)20(27)28)19(26)22-16-6-2-7-17(11-16)24-10-4-8-18(24)25;/h2,6-7,11,14-15H,3-5,8-10,12-13H2,1H3,(H,22,26)(H,27,28);1H/t14?,15-,21+;/m0./s1. The molecule has 4 rings (SSSR count). The maximum atomic E-state index is 12.8. The lowest BCUT2D eigenvalue weighted by atomic mass is 9.81. The Bertz CT molecular complexity index is 817. The highest BCUT2D eigenvalue weighted by Crippen LogP contribution is 2.49. The molecule has 3 fully saturated rings. The number of anilines is 2. The lowest BCUT2D eigenvalue weighted by Crippen LogP contribution is -2.43. The number of carbonyl (C=O) groups excluding carboxylic acids is 2. The third-order valence-electron chi connectivity index (χ3n) is 6.75. The molecule has 1 saturated carbocycles. The Hall–Kier alpha value is -2.12. The molecule has 2 N–H and O–H groups in total. The molecule has 2 amide bonds. The molecule has 0 aromatic heterocycles. The number of hydrogen-bond donors (Lipinski definition) is 2. The summed E-state index contributed by atoms with van der Waals surface area (Å²) < 4.78 is 0. The number of carboxylic acids is 1. The number of benzene rings is 1. The highest BCUT2D eigenvalue weighted by Gasteiger charge is 2.55. The van der Waals surface area contributed by atoms with Crippen LogP contribution >= 0.6 is 12.4 Å². The highest BCUT2D eigenvalue weighted by atomic mass is 35.5. The van der Waals surface area contributed by atoms with Crippen LogP contribution in [0.5, 0.6) is 0 Å². The summed E-state index contributed by atoms with van der Waals surface area (Å²) in [6, 6.07) is 6.94. The van der Waals surface area contributed by atoms with E-state index in [2.05, 4.69) is 5.32 Å². The van der Waals surface area contributed by atoms with Crippen LogP contribution in [0.2, 0.25) is 0 Å². The van der Waals surface area contributed by atoms with Gasteiger partial charge < -0.3 is 15.3 Å². The number of nitrogens with one attached hydrogen (secondary N) is 1. The number of nitrogens with zero attached hydrogens (tertiary/aromatic N) is 2. The van der Waals surface area contributed by atoms with Gasteiger partial charge in [0.1, 0.15) is 0 Å². The van der Waals surface area contributed by atoms with E-state index in [9.17, 15) is 19.5 Å². The fraction of sp³-hybridized carbons (Fsp3) is 0.571. The van der Waals surface area contributed by atoms with Crippen molar-refractivity contribution in [3.63, 3.8) is 0 Å². The number of aliphatic carboxylic acids is 1. The summed E-state index contributed by atoms with van der Waals surface area (Å²) in [7, 11) is 0. The van der Waals surface area contributed by atoms with E-state index in [1.165, 1.54) is 0 Å². The van der Waals surface area contributed by atoms with Crippen LogP contribution in [0.15, 0.2) is 24.3 Å². The van der Waals surface area contributed by atoms with Gasteiger partial charge in [0.05, 0.1) is 11.5 Å². The van der Waals surface area contributed by atoms with Gasteiger partial charge in [-0.05, 0) is 50.3 Å². The van der Waals surface area contributed by atoms with Crippen LogP contribution < -0.4 is 10.2 Å². The first-order valence-electron chi connectivity index (χ1n) is 10.1. The van der Waals surface area contributed by atoms with Crippen molar-refractivity contribution < 1.29 is 19.5 Å². The van der Waals surface area contributed by atoms with Crippen molar-refractivity contribution in [3.05, 3.63) is 24.3 Å². The number of hydrogen-bond acceptors (Lipinski definition) is 4. The van der Waals surface area contributed by atoms with Gasteiger partial charge in [0, 0.05) is 37.4 Å². The van der Waals surface area contributed by atoms with Crippen LogP contribution in [0.4, 0.5) is 11.4 Å². The Balaban J connectivity index is 0.00000240. The Morgan fingerprint density at radius 2 is 2.10 bits per heavy atom. The number of carboxylic acid groups (broad SMARTS) is 1. The molecule has 29 heavy (non-hydrogen) atoms. The zero-order valence-electron chi connectivity index (χ0n) is 16.6. The normalized spacial score (nSPS) is 27.4. The minimum atomic E-state index is -0.729. The van der Waals surface area contributed by atoms with E-state index in [0.717, 1.165) is 24.9 Å². The third kappa shape index (κ3) is 3.85. The lowest BCUT2D eigenvalue weighted by Gasteiger charge is -2.26. The maximum Gasteiger partial charge on any atom is 0.311 e. The SMILES string of the molecule is CC(C(=O)Nc1cccc(N2CCCC2=O)c1)N1C[C@@H]2CCC[C@@]2(C(=O)O)C1.Cl. The van der Waals surface area contributed by atoms with E-state index in [4.69, 9.17) is 0 Å². The van der Waals surface area contributed by atoms with Crippen LogP contribution in [-0.2, 0) is 14.4 Å². The minimum absolute atomic E-state index is 0. The van der Waals surface area contributed by atoms with E-state index in [-0.39, 0.29) is 30.1 Å². The third-order valence-corrected chi connectivity index (χ3v) is 6.75. The average Bonchev–Trinajstić information content (AvgIpc) is 3.35. The van der Waals surface area contributed by atoms with Crippen molar-refractivity contribution in [2.24, 2.45) is 11.3 Å². The summed E-state index contributed by atoms with van der Waals surface area (Å²) in [5.74, 6) is -0.636. The Morgan fingerprint density at radius 3 is 2.76 bits per heavy atom. The summed E-state index contributed by atoms with van der Waals surface area (Å²) in [5.41, 5.74) is 0.764. The van der Waals surface area contributed by atoms with Gasteiger partial charge in [-0.25, -0.2) is 0 Å². The fourth-order valence-corrected chi connectivity index (χ4v) is 5.06. The van der Waals surface area contributed by atoms with Crippen molar-refractivity contribution in [2.75, 3.05) is 29.9 Å². The molecule has 1 unspecified atom stereocenters. The predicted octanol–water partition coefficient (Wildman–Crippen LogP) is 2.75.